The summed E-state index contributed by atoms with van der Waals surface area (Å²) in [6, 6.07) is 0. The number of carbonyl (C=O) groups excluding carboxylic acids is 1. The Hall–Kier alpha value is -0.373. The van der Waals surface area contributed by atoms with E-state index in [9.17, 15) is 4.79 Å². The van der Waals surface area contributed by atoms with Crippen LogP contribution in [-0.2, 0) is 4.79 Å². The zero-order chi connectivity index (χ0) is 12.4. The fourth-order valence-electron chi connectivity index (χ4n) is 2.14. The molecule has 0 spiro atoms. The van der Waals surface area contributed by atoms with Crippen molar-refractivity contribution in [3.63, 3.8) is 0 Å². The molecule has 0 aliphatic heterocycles. The van der Waals surface area contributed by atoms with Crippen LogP contribution in [0.3, 0.4) is 0 Å². The second-order valence-electron chi connectivity index (χ2n) is 6.53. The van der Waals surface area contributed by atoms with Crippen molar-refractivity contribution in [3.05, 3.63) is 11.3 Å². The highest BCUT2D eigenvalue weighted by Crippen LogP contribution is 2.36. The van der Waals surface area contributed by atoms with Crippen molar-refractivity contribution in [1.29, 1.82) is 0 Å². The molecule has 0 heterocycles. The molecule has 1 atom stereocenters. The Kier molecular flexibility index (Phi) is 4.16. The first-order chi connectivity index (χ1) is 7.26. The highest BCUT2D eigenvalue weighted by Gasteiger charge is 2.34. The minimum absolute atomic E-state index is 0.0564. The Bertz CT molecular complexity index is 298. The molecular formula is C14H26OSi. The van der Waals surface area contributed by atoms with Gasteiger partial charge in [0.2, 0.25) is 0 Å². The van der Waals surface area contributed by atoms with E-state index in [4.69, 9.17) is 0 Å². The number of hydrogen-bond acceptors (Lipinski definition) is 1. The molecule has 1 rings (SSSR count). The van der Waals surface area contributed by atoms with E-state index in [1.54, 1.807) is 0 Å². The van der Waals surface area contributed by atoms with Gasteiger partial charge in [0.1, 0.15) is 5.78 Å². The molecule has 0 aromatic carbocycles. The molecular weight excluding hydrogens is 212 g/mol. The van der Waals surface area contributed by atoms with E-state index >= 15 is 0 Å². The summed E-state index contributed by atoms with van der Waals surface area (Å²) in [7, 11) is -1.15. The SMILES string of the molecule is C/C(=C\C[C@@]1(C)CCCCC1=O)[Si](C)(C)C. The van der Waals surface area contributed by atoms with Crippen LogP contribution in [0, 0.1) is 5.41 Å². The fourth-order valence-corrected chi connectivity index (χ4v) is 2.86. The van der Waals surface area contributed by atoms with Crippen LogP contribution in [0.4, 0.5) is 0 Å². The van der Waals surface area contributed by atoms with Gasteiger partial charge >= 0.3 is 0 Å². The Morgan fingerprint density at radius 2 is 2.00 bits per heavy atom. The number of allylic oxidation sites excluding steroid dienone is 2. The molecule has 92 valence electrons. The Morgan fingerprint density at radius 3 is 2.50 bits per heavy atom. The van der Waals surface area contributed by atoms with Crippen LogP contribution < -0.4 is 0 Å². The summed E-state index contributed by atoms with van der Waals surface area (Å²) >= 11 is 0. The molecule has 0 N–H and O–H groups in total. The molecule has 2 heteroatoms. The Morgan fingerprint density at radius 1 is 1.38 bits per heavy atom. The van der Waals surface area contributed by atoms with Gasteiger partial charge in [-0.05, 0) is 26.2 Å². The van der Waals surface area contributed by atoms with Gasteiger partial charge in [0.15, 0.2) is 0 Å². The third kappa shape index (κ3) is 3.31. The predicted octanol–water partition coefficient (Wildman–Crippen LogP) is 4.35. The van der Waals surface area contributed by atoms with Crippen LogP contribution in [0.2, 0.25) is 19.6 Å². The van der Waals surface area contributed by atoms with Crippen molar-refractivity contribution in [2.24, 2.45) is 5.41 Å². The summed E-state index contributed by atoms with van der Waals surface area (Å²) in [5, 5.41) is 1.53. The highest BCUT2D eigenvalue weighted by molar-refractivity contribution is 6.82. The summed E-state index contributed by atoms with van der Waals surface area (Å²) in [5.74, 6) is 0.485. The van der Waals surface area contributed by atoms with Crippen LogP contribution in [0.25, 0.3) is 0 Å². The predicted molar refractivity (Wildman–Crippen MR) is 73.3 cm³/mol. The van der Waals surface area contributed by atoms with Crippen LogP contribution >= 0.6 is 0 Å². The quantitative estimate of drug-likeness (QED) is 0.668. The molecule has 0 aromatic rings. The van der Waals surface area contributed by atoms with Crippen LogP contribution in [0.15, 0.2) is 11.3 Å². The first-order valence-corrected chi connectivity index (χ1v) is 9.96. The normalized spacial score (nSPS) is 28.3. The second-order valence-corrected chi connectivity index (χ2v) is 11.8. The molecule has 1 aliphatic carbocycles. The molecule has 1 nitrogen and oxygen atoms in total. The fraction of sp³-hybridized carbons (Fsp3) is 0.786. The largest absolute Gasteiger partial charge is 0.299 e. The summed E-state index contributed by atoms with van der Waals surface area (Å²) in [6.45, 7) is 11.5. The van der Waals surface area contributed by atoms with Gasteiger partial charge in [-0.25, -0.2) is 0 Å². The molecule has 0 bridgehead atoms. The number of Topliss-reactive ketones (excluding diaryl/α,β-unsaturated/α-hetero) is 1. The zero-order valence-corrected chi connectivity index (χ0v) is 12.5. The molecule has 1 saturated carbocycles. The van der Waals surface area contributed by atoms with Crippen molar-refractivity contribution in [3.8, 4) is 0 Å². The first-order valence-electron chi connectivity index (χ1n) is 6.46. The van der Waals surface area contributed by atoms with E-state index in [-0.39, 0.29) is 5.41 Å². The van der Waals surface area contributed by atoms with Crippen molar-refractivity contribution in [2.45, 2.75) is 65.6 Å². The lowest BCUT2D eigenvalue weighted by molar-refractivity contribution is -0.130. The topological polar surface area (TPSA) is 17.1 Å². The zero-order valence-electron chi connectivity index (χ0n) is 11.5. The maximum Gasteiger partial charge on any atom is 0.139 e. The number of carbonyl (C=O) groups is 1. The molecule has 1 aliphatic rings. The van der Waals surface area contributed by atoms with Gasteiger partial charge in [0.05, 0.1) is 8.07 Å². The van der Waals surface area contributed by atoms with Crippen molar-refractivity contribution < 1.29 is 4.79 Å². The van der Waals surface area contributed by atoms with Crippen molar-refractivity contribution in [1.82, 2.24) is 0 Å². The van der Waals surface area contributed by atoms with Gasteiger partial charge in [0.25, 0.3) is 0 Å². The Labute approximate surface area is 101 Å². The molecule has 0 saturated heterocycles. The monoisotopic (exact) mass is 238 g/mol. The van der Waals surface area contributed by atoms with Gasteiger partial charge in [-0.2, -0.15) is 0 Å². The van der Waals surface area contributed by atoms with Crippen LogP contribution in [-0.4, -0.2) is 13.9 Å². The smallest absolute Gasteiger partial charge is 0.139 e. The van der Waals surface area contributed by atoms with Crippen molar-refractivity contribution >= 4 is 13.9 Å². The minimum atomic E-state index is -1.15. The van der Waals surface area contributed by atoms with E-state index in [1.807, 2.05) is 0 Å². The summed E-state index contributed by atoms with van der Waals surface area (Å²) in [4.78, 5) is 12.0. The van der Waals surface area contributed by atoms with Gasteiger partial charge in [-0.15, -0.1) is 0 Å². The van der Waals surface area contributed by atoms with Gasteiger partial charge in [0, 0.05) is 11.8 Å². The molecule has 0 aromatic heterocycles. The molecule has 16 heavy (non-hydrogen) atoms. The van der Waals surface area contributed by atoms with E-state index in [2.05, 4.69) is 39.6 Å². The molecule has 0 amide bonds. The van der Waals surface area contributed by atoms with E-state index in [0.29, 0.717) is 5.78 Å². The standard InChI is InChI=1S/C14H26OSi/c1-12(16(3,4)5)9-11-14(2)10-7-6-8-13(14)15/h9H,6-8,10-11H2,1-5H3/b12-9+/t14-/m1/s1. The molecule has 0 radical (unpaired) electrons. The maximum atomic E-state index is 12.0. The summed E-state index contributed by atoms with van der Waals surface area (Å²) in [5.41, 5.74) is -0.0564. The number of ketones is 1. The first kappa shape index (κ1) is 13.7. The lowest BCUT2D eigenvalue weighted by Crippen LogP contribution is -2.31. The van der Waals surface area contributed by atoms with Gasteiger partial charge in [-0.1, -0.05) is 44.3 Å². The maximum absolute atomic E-state index is 12.0. The number of rotatable bonds is 3. The van der Waals surface area contributed by atoms with Crippen LogP contribution in [0.1, 0.15) is 46.0 Å². The number of hydrogen-bond donors (Lipinski definition) is 0. The third-order valence-corrected chi connectivity index (χ3v) is 6.67. The highest BCUT2D eigenvalue weighted by atomic mass is 28.3. The lowest BCUT2D eigenvalue weighted by atomic mass is 9.72. The average molecular weight is 238 g/mol. The van der Waals surface area contributed by atoms with E-state index < -0.39 is 8.07 Å². The van der Waals surface area contributed by atoms with E-state index in [1.165, 1.54) is 11.6 Å². The van der Waals surface area contributed by atoms with Crippen molar-refractivity contribution in [2.75, 3.05) is 0 Å². The average Bonchev–Trinajstić information content (AvgIpc) is 2.18. The van der Waals surface area contributed by atoms with E-state index in [0.717, 1.165) is 25.7 Å². The molecule has 1 fully saturated rings. The van der Waals surface area contributed by atoms with Gasteiger partial charge in [-0.3, -0.25) is 4.79 Å². The van der Waals surface area contributed by atoms with Crippen LogP contribution in [0.5, 0.6) is 0 Å². The third-order valence-electron chi connectivity index (χ3n) is 4.10. The molecule has 0 unspecified atom stereocenters. The lowest BCUT2D eigenvalue weighted by Gasteiger charge is -2.31. The summed E-state index contributed by atoms with van der Waals surface area (Å²) in [6.07, 6.45) is 7.52. The second kappa shape index (κ2) is 4.87. The summed E-state index contributed by atoms with van der Waals surface area (Å²) < 4.78 is 0. The minimum Gasteiger partial charge on any atom is -0.299 e. The van der Waals surface area contributed by atoms with Gasteiger partial charge < -0.3 is 0 Å². The Balaban J connectivity index is 2.69.